The third-order valence-electron chi connectivity index (χ3n) is 5.18. The maximum absolute atomic E-state index is 12.9. The molecule has 1 N–H and O–H groups in total. The van der Waals surface area contributed by atoms with Crippen molar-refractivity contribution in [3.8, 4) is 11.4 Å². The summed E-state index contributed by atoms with van der Waals surface area (Å²) in [6.45, 7) is 3.18. The Bertz CT molecular complexity index is 1170. The first-order chi connectivity index (χ1) is 14.9. The number of sulfonamides is 1. The summed E-state index contributed by atoms with van der Waals surface area (Å²) in [5.74, 6) is -0.211. The minimum atomic E-state index is -3.79. The second kappa shape index (κ2) is 8.94. The highest BCUT2D eigenvalue weighted by molar-refractivity contribution is 7.89. The number of hydrogen-bond donors (Lipinski definition) is 1. The van der Waals surface area contributed by atoms with Gasteiger partial charge in [0, 0.05) is 37.6 Å². The molecule has 162 valence electrons. The minimum Gasteiger partial charge on any atom is -0.334 e. The molecular weight excluding hydrogens is 418 g/mol. The van der Waals surface area contributed by atoms with E-state index < -0.39 is 10.0 Å². The summed E-state index contributed by atoms with van der Waals surface area (Å²) in [4.78, 5) is 22.6. The molecular formula is C21H23N5O4S. The van der Waals surface area contributed by atoms with Crippen LogP contribution in [0.3, 0.4) is 0 Å². The number of nitrogens with zero attached hydrogens (tertiary/aromatic N) is 4. The third kappa shape index (κ3) is 4.80. The molecule has 4 rings (SSSR count). The first-order valence-electron chi connectivity index (χ1n) is 10.1. The van der Waals surface area contributed by atoms with E-state index in [0.717, 1.165) is 24.8 Å². The van der Waals surface area contributed by atoms with Crippen LogP contribution in [0.4, 0.5) is 0 Å². The molecule has 1 fully saturated rings. The average molecular weight is 442 g/mol. The molecule has 3 heterocycles. The van der Waals surface area contributed by atoms with Crippen LogP contribution in [0, 0.1) is 6.92 Å². The number of nitrogens with one attached hydrogen (secondary N) is 1. The van der Waals surface area contributed by atoms with E-state index in [1.807, 2.05) is 0 Å². The van der Waals surface area contributed by atoms with Crippen molar-refractivity contribution >= 4 is 15.9 Å². The fourth-order valence-corrected chi connectivity index (χ4v) is 4.73. The first kappa shape index (κ1) is 21.1. The van der Waals surface area contributed by atoms with Gasteiger partial charge in [-0.15, -0.1) is 0 Å². The van der Waals surface area contributed by atoms with Crippen molar-refractivity contribution in [3.05, 3.63) is 59.7 Å². The van der Waals surface area contributed by atoms with Gasteiger partial charge < -0.3 is 9.42 Å². The van der Waals surface area contributed by atoms with Gasteiger partial charge in [-0.25, -0.2) is 13.1 Å². The third-order valence-corrected chi connectivity index (χ3v) is 6.72. The average Bonchev–Trinajstić information content (AvgIpc) is 3.29. The summed E-state index contributed by atoms with van der Waals surface area (Å²) >= 11 is 0. The second-order valence-corrected chi connectivity index (χ2v) is 9.18. The fraction of sp³-hybridized carbons (Fsp3) is 0.333. The molecule has 1 saturated heterocycles. The van der Waals surface area contributed by atoms with Gasteiger partial charge in [0.05, 0.1) is 4.90 Å². The second-order valence-electron chi connectivity index (χ2n) is 7.44. The van der Waals surface area contributed by atoms with Crippen LogP contribution >= 0.6 is 0 Å². The van der Waals surface area contributed by atoms with E-state index in [2.05, 4.69) is 19.8 Å². The highest BCUT2D eigenvalue weighted by atomic mass is 32.2. The summed E-state index contributed by atoms with van der Waals surface area (Å²) < 4.78 is 33.5. The molecule has 0 spiro atoms. The van der Waals surface area contributed by atoms with E-state index in [-0.39, 0.29) is 29.1 Å². The smallest absolute Gasteiger partial charge is 0.316 e. The van der Waals surface area contributed by atoms with Gasteiger partial charge in [0.15, 0.2) is 0 Å². The molecule has 31 heavy (non-hydrogen) atoms. The Morgan fingerprint density at radius 2 is 2.00 bits per heavy atom. The van der Waals surface area contributed by atoms with Gasteiger partial charge in [-0.2, -0.15) is 4.98 Å². The predicted molar refractivity (Wildman–Crippen MR) is 112 cm³/mol. The van der Waals surface area contributed by atoms with E-state index >= 15 is 0 Å². The van der Waals surface area contributed by atoms with Crippen LogP contribution in [0.5, 0.6) is 0 Å². The number of aromatic nitrogens is 3. The highest BCUT2D eigenvalue weighted by Crippen LogP contribution is 2.24. The van der Waals surface area contributed by atoms with Gasteiger partial charge in [-0.05, 0) is 49.4 Å². The molecule has 9 nitrogen and oxygen atoms in total. The Hall–Kier alpha value is -3.11. The van der Waals surface area contributed by atoms with Crippen LogP contribution in [-0.2, 0) is 16.6 Å². The van der Waals surface area contributed by atoms with E-state index in [4.69, 9.17) is 4.52 Å². The molecule has 0 saturated carbocycles. The monoisotopic (exact) mass is 441 g/mol. The standard InChI is InChI=1S/C21H23N5O4S/c1-15-7-8-17(12-18(15)31(28,29)23-14-16-6-5-9-22-13-16)19-24-20(30-25-19)21(27)26-10-3-2-4-11-26/h5-9,12-13,23H,2-4,10-11,14H2,1H3. The van der Waals surface area contributed by atoms with E-state index in [1.54, 1.807) is 48.5 Å². The lowest BCUT2D eigenvalue weighted by Gasteiger charge is -2.24. The number of rotatable bonds is 6. The molecule has 0 aliphatic carbocycles. The van der Waals surface area contributed by atoms with Crippen LogP contribution in [0.15, 0.2) is 52.1 Å². The summed E-state index contributed by atoms with van der Waals surface area (Å²) in [6, 6.07) is 8.40. The van der Waals surface area contributed by atoms with Gasteiger partial charge in [-0.3, -0.25) is 9.78 Å². The summed E-state index contributed by atoms with van der Waals surface area (Å²) in [6.07, 6.45) is 6.25. The summed E-state index contributed by atoms with van der Waals surface area (Å²) in [7, 11) is -3.79. The molecule has 0 bridgehead atoms. The quantitative estimate of drug-likeness (QED) is 0.624. The lowest BCUT2D eigenvalue weighted by molar-refractivity contribution is 0.0674. The van der Waals surface area contributed by atoms with E-state index in [0.29, 0.717) is 24.2 Å². The lowest BCUT2D eigenvalue weighted by Crippen LogP contribution is -2.35. The van der Waals surface area contributed by atoms with Crippen LogP contribution in [0.1, 0.15) is 41.1 Å². The Labute approximate surface area is 180 Å². The zero-order valence-electron chi connectivity index (χ0n) is 17.1. The number of amides is 1. The molecule has 1 aliphatic rings. The zero-order valence-corrected chi connectivity index (χ0v) is 17.9. The van der Waals surface area contributed by atoms with Crippen molar-refractivity contribution in [2.75, 3.05) is 13.1 Å². The maximum atomic E-state index is 12.9. The lowest BCUT2D eigenvalue weighted by atomic mass is 10.1. The number of pyridine rings is 1. The van der Waals surface area contributed by atoms with Crippen LogP contribution in [0.2, 0.25) is 0 Å². The number of aryl methyl sites for hydroxylation is 1. The van der Waals surface area contributed by atoms with Crippen molar-refractivity contribution in [1.29, 1.82) is 0 Å². The number of benzene rings is 1. The van der Waals surface area contributed by atoms with Gasteiger partial charge in [0.1, 0.15) is 0 Å². The summed E-state index contributed by atoms with van der Waals surface area (Å²) in [5, 5.41) is 3.89. The summed E-state index contributed by atoms with van der Waals surface area (Å²) in [5.41, 5.74) is 1.78. The Morgan fingerprint density at radius 1 is 1.19 bits per heavy atom. The van der Waals surface area contributed by atoms with Crippen molar-refractivity contribution in [3.63, 3.8) is 0 Å². The molecule has 0 unspecified atom stereocenters. The number of likely N-dealkylation sites (tertiary alicyclic amines) is 1. The molecule has 0 atom stereocenters. The first-order valence-corrected chi connectivity index (χ1v) is 11.5. The van der Waals surface area contributed by atoms with Gasteiger partial charge in [-0.1, -0.05) is 23.4 Å². The minimum absolute atomic E-state index is 0.0865. The Morgan fingerprint density at radius 3 is 2.74 bits per heavy atom. The number of carbonyl (C=O) groups is 1. The molecule has 0 radical (unpaired) electrons. The number of carbonyl (C=O) groups excluding carboxylic acids is 1. The predicted octanol–water partition coefficient (Wildman–Crippen LogP) is 2.54. The SMILES string of the molecule is Cc1ccc(-c2noc(C(=O)N3CCCCC3)n2)cc1S(=O)(=O)NCc1cccnc1. The van der Waals surface area contributed by atoms with Crippen LogP contribution in [-0.4, -0.2) is 47.4 Å². The Balaban J connectivity index is 1.55. The van der Waals surface area contributed by atoms with E-state index in [1.165, 1.54) is 6.07 Å². The van der Waals surface area contributed by atoms with Crippen molar-refractivity contribution < 1.29 is 17.7 Å². The topological polar surface area (TPSA) is 118 Å². The van der Waals surface area contributed by atoms with Crippen molar-refractivity contribution in [1.82, 2.24) is 24.7 Å². The molecule has 2 aromatic heterocycles. The van der Waals surface area contributed by atoms with Crippen molar-refractivity contribution in [2.45, 2.75) is 37.6 Å². The normalized spacial score (nSPS) is 14.5. The zero-order chi connectivity index (χ0) is 21.8. The molecule has 3 aromatic rings. The largest absolute Gasteiger partial charge is 0.334 e. The van der Waals surface area contributed by atoms with Crippen LogP contribution in [0.25, 0.3) is 11.4 Å². The number of piperidine rings is 1. The van der Waals surface area contributed by atoms with Crippen molar-refractivity contribution in [2.24, 2.45) is 0 Å². The maximum Gasteiger partial charge on any atom is 0.316 e. The molecule has 10 heteroatoms. The molecule has 1 aliphatic heterocycles. The van der Waals surface area contributed by atoms with Crippen LogP contribution < -0.4 is 4.72 Å². The molecule has 1 aromatic carbocycles. The highest BCUT2D eigenvalue weighted by Gasteiger charge is 2.25. The Kier molecular flexibility index (Phi) is 6.10. The fourth-order valence-electron chi connectivity index (χ4n) is 3.45. The van der Waals surface area contributed by atoms with Gasteiger partial charge in [0.25, 0.3) is 0 Å². The van der Waals surface area contributed by atoms with Gasteiger partial charge >= 0.3 is 11.8 Å². The number of hydrogen-bond acceptors (Lipinski definition) is 7. The molecule has 1 amide bonds. The van der Waals surface area contributed by atoms with E-state index in [9.17, 15) is 13.2 Å². The van der Waals surface area contributed by atoms with Gasteiger partial charge in [0.2, 0.25) is 15.8 Å².